The van der Waals surface area contributed by atoms with Gasteiger partial charge in [-0.1, -0.05) is 41.9 Å². The lowest BCUT2D eigenvalue weighted by atomic mass is 10.2. The van der Waals surface area contributed by atoms with Crippen molar-refractivity contribution in [3.8, 4) is 0 Å². The van der Waals surface area contributed by atoms with Gasteiger partial charge in [0.05, 0.1) is 17.8 Å². The van der Waals surface area contributed by atoms with E-state index in [-0.39, 0.29) is 5.91 Å². The third-order valence-electron chi connectivity index (χ3n) is 3.41. The summed E-state index contributed by atoms with van der Waals surface area (Å²) in [4.78, 5) is 16.4. The SMILES string of the molecule is Cc1nn(Cc2ccccc2)c(Cl)c1C(=O)Nc1ccncc1. The first-order valence-electron chi connectivity index (χ1n) is 7.13. The summed E-state index contributed by atoms with van der Waals surface area (Å²) >= 11 is 6.37. The lowest BCUT2D eigenvalue weighted by molar-refractivity contribution is 0.102. The zero-order valence-corrected chi connectivity index (χ0v) is 13.3. The number of aryl methyl sites for hydroxylation is 1. The van der Waals surface area contributed by atoms with Crippen molar-refractivity contribution < 1.29 is 4.79 Å². The molecule has 0 bridgehead atoms. The van der Waals surface area contributed by atoms with E-state index in [9.17, 15) is 4.79 Å². The van der Waals surface area contributed by atoms with Crippen molar-refractivity contribution in [3.63, 3.8) is 0 Å². The molecule has 3 rings (SSSR count). The maximum absolute atomic E-state index is 12.5. The molecule has 5 nitrogen and oxygen atoms in total. The van der Waals surface area contributed by atoms with E-state index >= 15 is 0 Å². The van der Waals surface area contributed by atoms with Gasteiger partial charge in [0.25, 0.3) is 5.91 Å². The van der Waals surface area contributed by atoms with E-state index in [1.165, 1.54) is 0 Å². The molecule has 116 valence electrons. The van der Waals surface area contributed by atoms with Crippen LogP contribution in [0.4, 0.5) is 5.69 Å². The lowest BCUT2D eigenvalue weighted by Crippen LogP contribution is -2.13. The number of anilines is 1. The van der Waals surface area contributed by atoms with Crippen molar-refractivity contribution in [2.24, 2.45) is 0 Å². The van der Waals surface area contributed by atoms with Crippen LogP contribution in [0.2, 0.25) is 5.15 Å². The molecule has 2 heterocycles. The fourth-order valence-electron chi connectivity index (χ4n) is 2.30. The molecule has 0 fully saturated rings. The maximum Gasteiger partial charge on any atom is 0.260 e. The topological polar surface area (TPSA) is 59.8 Å². The average molecular weight is 327 g/mol. The molecular formula is C17H15ClN4O. The molecule has 0 radical (unpaired) electrons. The molecular weight excluding hydrogens is 312 g/mol. The number of amides is 1. The highest BCUT2D eigenvalue weighted by Gasteiger charge is 2.20. The number of nitrogens with one attached hydrogen (secondary N) is 1. The fraction of sp³-hybridized carbons (Fsp3) is 0.118. The Hall–Kier alpha value is -2.66. The van der Waals surface area contributed by atoms with E-state index in [1.54, 1.807) is 36.1 Å². The van der Waals surface area contributed by atoms with Gasteiger partial charge in [0.15, 0.2) is 0 Å². The number of nitrogens with zero attached hydrogens (tertiary/aromatic N) is 3. The molecule has 6 heteroatoms. The molecule has 0 atom stereocenters. The summed E-state index contributed by atoms with van der Waals surface area (Å²) in [6.07, 6.45) is 3.23. The summed E-state index contributed by atoms with van der Waals surface area (Å²) in [5.74, 6) is -0.280. The summed E-state index contributed by atoms with van der Waals surface area (Å²) < 4.78 is 1.63. The monoisotopic (exact) mass is 326 g/mol. The Balaban J connectivity index is 1.84. The van der Waals surface area contributed by atoms with E-state index in [2.05, 4.69) is 15.4 Å². The number of carbonyl (C=O) groups excluding carboxylic acids is 1. The highest BCUT2D eigenvalue weighted by molar-refractivity contribution is 6.33. The predicted octanol–water partition coefficient (Wildman–Crippen LogP) is 3.54. The smallest absolute Gasteiger partial charge is 0.260 e. The number of hydrogen-bond donors (Lipinski definition) is 1. The molecule has 3 aromatic rings. The molecule has 1 amide bonds. The van der Waals surface area contributed by atoms with Crippen LogP contribution in [-0.4, -0.2) is 20.7 Å². The zero-order valence-electron chi connectivity index (χ0n) is 12.5. The van der Waals surface area contributed by atoms with Crippen LogP contribution in [0, 0.1) is 6.92 Å². The second-order valence-corrected chi connectivity index (χ2v) is 5.44. The first-order chi connectivity index (χ1) is 11.1. The van der Waals surface area contributed by atoms with Crippen LogP contribution in [0.15, 0.2) is 54.9 Å². The molecule has 1 N–H and O–H groups in total. The van der Waals surface area contributed by atoms with Gasteiger partial charge in [0.1, 0.15) is 5.15 Å². The standard InChI is InChI=1S/C17H15ClN4O/c1-12-15(17(23)20-14-7-9-19-10-8-14)16(18)22(21-12)11-13-5-3-2-4-6-13/h2-10H,11H2,1H3,(H,19,20,23). The zero-order chi connectivity index (χ0) is 16.2. The second-order valence-electron chi connectivity index (χ2n) is 5.08. The normalized spacial score (nSPS) is 10.5. The summed E-state index contributed by atoms with van der Waals surface area (Å²) in [6, 6.07) is 13.3. The third kappa shape index (κ3) is 3.40. The van der Waals surface area contributed by atoms with Gasteiger partial charge in [-0.15, -0.1) is 0 Å². The summed E-state index contributed by atoms with van der Waals surface area (Å²) in [5.41, 5.74) is 2.71. The van der Waals surface area contributed by atoms with Gasteiger partial charge in [-0.3, -0.25) is 9.78 Å². The molecule has 2 aromatic heterocycles. The van der Waals surface area contributed by atoms with Crippen LogP contribution in [0.25, 0.3) is 0 Å². The van der Waals surface area contributed by atoms with Crippen molar-refractivity contribution in [3.05, 3.63) is 76.8 Å². The number of benzene rings is 1. The minimum Gasteiger partial charge on any atom is -0.322 e. The van der Waals surface area contributed by atoms with E-state index < -0.39 is 0 Å². The second kappa shape index (κ2) is 6.62. The average Bonchev–Trinajstić information content (AvgIpc) is 2.83. The van der Waals surface area contributed by atoms with Gasteiger partial charge in [-0.2, -0.15) is 5.10 Å². The van der Waals surface area contributed by atoms with Crippen LogP contribution in [0.1, 0.15) is 21.6 Å². The van der Waals surface area contributed by atoms with Gasteiger partial charge in [0.2, 0.25) is 0 Å². The van der Waals surface area contributed by atoms with E-state index in [0.717, 1.165) is 5.56 Å². The van der Waals surface area contributed by atoms with Crippen LogP contribution < -0.4 is 5.32 Å². The van der Waals surface area contributed by atoms with Gasteiger partial charge in [0, 0.05) is 18.1 Å². The minimum absolute atomic E-state index is 0.280. The summed E-state index contributed by atoms with van der Waals surface area (Å²) in [6.45, 7) is 2.29. The Labute approximate surface area is 138 Å². The van der Waals surface area contributed by atoms with Crippen molar-refractivity contribution in [2.75, 3.05) is 5.32 Å². The molecule has 0 saturated heterocycles. The van der Waals surface area contributed by atoms with Crippen molar-refractivity contribution in [1.29, 1.82) is 0 Å². The predicted molar refractivity (Wildman–Crippen MR) is 89.7 cm³/mol. The summed E-state index contributed by atoms with van der Waals surface area (Å²) in [7, 11) is 0. The maximum atomic E-state index is 12.5. The number of aromatic nitrogens is 3. The van der Waals surface area contributed by atoms with Gasteiger partial charge >= 0.3 is 0 Å². The third-order valence-corrected chi connectivity index (χ3v) is 3.79. The Morgan fingerprint density at radius 1 is 1.17 bits per heavy atom. The summed E-state index contributed by atoms with van der Waals surface area (Å²) in [5, 5.41) is 7.51. The Morgan fingerprint density at radius 3 is 2.57 bits per heavy atom. The Morgan fingerprint density at radius 2 is 1.87 bits per heavy atom. The number of hydrogen-bond acceptors (Lipinski definition) is 3. The molecule has 1 aromatic carbocycles. The van der Waals surface area contributed by atoms with Crippen molar-refractivity contribution in [2.45, 2.75) is 13.5 Å². The van der Waals surface area contributed by atoms with Crippen molar-refractivity contribution >= 4 is 23.2 Å². The molecule has 0 saturated carbocycles. The minimum atomic E-state index is -0.280. The van der Waals surface area contributed by atoms with Gasteiger partial charge in [-0.05, 0) is 24.6 Å². The lowest BCUT2D eigenvalue weighted by Gasteiger charge is -2.05. The van der Waals surface area contributed by atoms with Gasteiger partial charge < -0.3 is 5.32 Å². The number of rotatable bonds is 4. The molecule has 0 unspecified atom stereocenters. The Bertz CT molecular complexity index is 815. The molecule has 0 aliphatic heterocycles. The van der Waals surface area contributed by atoms with E-state index in [4.69, 9.17) is 11.6 Å². The van der Waals surface area contributed by atoms with Gasteiger partial charge in [-0.25, -0.2) is 4.68 Å². The van der Waals surface area contributed by atoms with Crippen LogP contribution in [0.3, 0.4) is 0 Å². The Kier molecular flexibility index (Phi) is 4.39. The van der Waals surface area contributed by atoms with Crippen LogP contribution in [-0.2, 0) is 6.54 Å². The number of pyridine rings is 1. The molecule has 0 aliphatic rings. The number of halogens is 1. The van der Waals surface area contributed by atoms with Crippen LogP contribution in [0.5, 0.6) is 0 Å². The first-order valence-corrected chi connectivity index (χ1v) is 7.51. The molecule has 0 aliphatic carbocycles. The highest BCUT2D eigenvalue weighted by atomic mass is 35.5. The van der Waals surface area contributed by atoms with E-state index in [1.807, 2.05) is 30.3 Å². The van der Waals surface area contributed by atoms with E-state index in [0.29, 0.717) is 28.6 Å². The molecule has 23 heavy (non-hydrogen) atoms. The van der Waals surface area contributed by atoms with Crippen molar-refractivity contribution in [1.82, 2.24) is 14.8 Å². The molecule has 0 spiro atoms. The highest BCUT2D eigenvalue weighted by Crippen LogP contribution is 2.22. The first kappa shape index (κ1) is 15.2. The fourth-order valence-corrected chi connectivity index (χ4v) is 2.62. The van der Waals surface area contributed by atoms with Crippen LogP contribution >= 0.6 is 11.6 Å². The largest absolute Gasteiger partial charge is 0.322 e. The quantitative estimate of drug-likeness (QED) is 0.797. The number of carbonyl (C=O) groups is 1.